The molecule has 3 rings (SSSR count). The molecule has 0 bridgehead atoms. The van der Waals surface area contributed by atoms with Crippen LogP contribution in [-0.2, 0) is 20.0 Å². The molecule has 0 amide bonds. The molecule has 1 aliphatic heterocycles. The van der Waals surface area contributed by atoms with Gasteiger partial charge in [-0.2, -0.15) is 5.10 Å². The van der Waals surface area contributed by atoms with Crippen LogP contribution >= 0.6 is 15.9 Å². The zero-order chi connectivity index (χ0) is 15.0. The number of fused-ring (bicyclic) bond motifs is 1. The third-order valence-corrected chi connectivity index (χ3v) is 6.30. The smallest absolute Gasteiger partial charge is 0.0767 e. The SMILES string of the molecule is CCc1nn(C)c(CN2CCC3(O)CCCCC3C2)c1Br. The Labute approximate surface area is 135 Å². The lowest BCUT2D eigenvalue weighted by atomic mass is 9.71. The molecule has 1 aromatic heterocycles. The maximum atomic E-state index is 10.8. The molecule has 0 aromatic carbocycles. The molecule has 0 radical (unpaired) electrons. The molecule has 21 heavy (non-hydrogen) atoms. The van der Waals surface area contributed by atoms with Gasteiger partial charge in [0.2, 0.25) is 0 Å². The largest absolute Gasteiger partial charge is 0.390 e. The molecule has 2 heterocycles. The summed E-state index contributed by atoms with van der Waals surface area (Å²) < 4.78 is 3.17. The van der Waals surface area contributed by atoms with Crippen molar-refractivity contribution in [2.45, 2.75) is 57.6 Å². The summed E-state index contributed by atoms with van der Waals surface area (Å²) in [5.41, 5.74) is 2.01. The van der Waals surface area contributed by atoms with Gasteiger partial charge in [-0.15, -0.1) is 0 Å². The van der Waals surface area contributed by atoms with Gasteiger partial charge in [0.25, 0.3) is 0 Å². The molecule has 4 nitrogen and oxygen atoms in total. The molecule has 1 saturated carbocycles. The number of aromatic nitrogens is 2. The summed E-state index contributed by atoms with van der Waals surface area (Å²) in [6.45, 7) is 5.08. The van der Waals surface area contributed by atoms with Gasteiger partial charge in [-0.05, 0) is 41.6 Å². The number of piperidine rings is 1. The molecular formula is C16H26BrN3O. The molecule has 118 valence electrons. The predicted octanol–water partition coefficient (Wildman–Crippen LogP) is 2.87. The molecule has 1 saturated heterocycles. The van der Waals surface area contributed by atoms with E-state index in [1.165, 1.54) is 25.0 Å². The standard InChI is InChI=1S/C16H26BrN3O/c1-3-13-15(17)14(19(2)18-13)11-20-9-8-16(21)7-5-4-6-12(16)10-20/h12,21H,3-11H2,1-2H3. The molecule has 1 aromatic rings. The van der Waals surface area contributed by atoms with Crippen LogP contribution in [0.5, 0.6) is 0 Å². The van der Waals surface area contributed by atoms with Gasteiger partial charge in [-0.3, -0.25) is 9.58 Å². The quantitative estimate of drug-likeness (QED) is 0.906. The number of nitrogens with zero attached hydrogens (tertiary/aromatic N) is 3. The third kappa shape index (κ3) is 2.92. The molecule has 2 fully saturated rings. The van der Waals surface area contributed by atoms with Crippen molar-refractivity contribution in [3.63, 3.8) is 0 Å². The topological polar surface area (TPSA) is 41.3 Å². The van der Waals surface area contributed by atoms with E-state index in [9.17, 15) is 5.11 Å². The van der Waals surface area contributed by atoms with Crippen molar-refractivity contribution in [1.29, 1.82) is 0 Å². The maximum Gasteiger partial charge on any atom is 0.0767 e. The highest BCUT2D eigenvalue weighted by molar-refractivity contribution is 9.10. The van der Waals surface area contributed by atoms with Crippen molar-refractivity contribution in [3.05, 3.63) is 15.9 Å². The molecule has 2 aliphatic rings. The molecule has 1 aliphatic carbocycles. The number of rotatable bonds is 3. The van der Waals surface area contributed by atoms with E-state index < -0.39 is 0 Å². The molecule has 2 unspecified atom stereocenters. The van der Waals surface area contributed by atoms with E-state index in [4.69, 9.17) is 0 Å². The summed E-state index contributed by atoms with van der Waals surface area (Å²) in [5, 5.41) is 15.4. The number of halogens is 1. The Hall–Kier alpha value is -0.390. The van der Waals surface area contributed by atoms with Crippen LogP contribution in [0.3, 0.4) is 0 Å². The Balaban J connectivity index is 1.71. The summed E-state index contributed by atoms with van der Waals surface area (Å²) in [7, 11) is 2.03. The van der Waals surface area contributed by atoms with E-state index in [-0.39, 0.29) is 5.60 Å². The highest BCUT2D eigenvalue weighted by Gasteiger charge is 2.42. The molecule has 0 spiro atoms. The van der Waals surface area contributed by atoms with E-state index in [1.54, 1.807) is 0 Å². The Kier molecular flexibility index (Phi) is 4.44. The Morgan fingerprint density at radius 1 is 1.38 bits per heavy atom. The number of hydrogen-bond acceptors (Lipinski definition) is 3. The highest BCUT2D eigenvalue weighted by atomic mass is 79.9. The first kappa shape index (κ1) is 15.5. The minimum absolute atomic E-state index is 0.382. The molecular weight excluding hydrogens is 330 g/mol. The van der Waals surface area contributed by atoms with Crippen LogP contribution in [-0.4, -0.2) is 38.5 Å². The second-order valence-electron chi connectivity index (χ2n) is 6.72. The predicted molar refractivity (Wildman–Crippen MR) is 87.1 cm³/mol. The van der Waals surface area contributed by atoms with E-state index in [1.807, 2.05) is 11.7 Å². The maximum absolute atomic E-state index is 10.8. The average molecular weight is 356 g/mol. The minimum atomic E-state index is -0.382. The Bertz CT molecular complexity index is 516. The molecule has 1 N–H and O–H groups in total. The zero-order valence-electron chi connectivity index (χ0n) is 13.1. The third-order valence-electron chi connectivity index (χ3n) is 5.39. The summed E-state index contributed by atoms with van der Waals surface area (Å²) in [4.78, 5) is 2.49. The second kappa shape index (κ2) is 6.01. The van der Waals surface area contributed by atoms with Crippen molar-refractivity contribution in [2.75, 3.05) is 13.1 Å². The van der Waals surface area contributed by atoms with Gasteiger partial charge in [-0.1, -0.05) is 19.8 Å². The van der Waals surface area contributed by atoms with Gasteiger partial charge in [0.1, 0.15) is 0 Å². The van der Waals surface area contributed by atoms with Crippen molar-refractivity contribution >= 4 is 15.9 Å². The minimum Gasteiger partial charge on any atom is -0.390 e. The van der Waals surface area contributed by atoms with Crippen molar-refractivity contribution < 1.29 is 5.11 Å². The van der Waals surface area contributed by atoms with E-state index in [2.05, 4.69) is 32.9 Å². The summed E-state index contributed by atoms with van der Waals surface area (Å²) >= 11 is 3.71. The fraction of sp³-hybridized carbons (Fsp3) is 0.812. The van der Waals surface area contributed by atoms with Gasteiger partial charge in [0, 0.05) is 32.6 Å². The molecule has 2 atom stereocenters. The lowest BCUT2D eigenvalue weighted by Crippen LogP contribution is -2.53. The molecule has 5 heteroatoms. The van der Waals surface area contributed by atoms with E-state index >= 15 is 0 Å². The van der Waals surface area contributed by atoms with Gasteiger partial charge >= 0.3 is 0 Å². The van der Waals surface area contributed by atoms with Crippen molar-refractivity contribution in [1.82, 2.24) is 14.7 Å². The number of aliphatic hydroxyl groups is 1. The number of likely N-dealkylation sites (tertiary alicyclic amines) is 1. The van der Waals surface area contributed by atoms with Crippen LogP contribution in [0.2, 0.25) is 0 Å². The van der Waals surface area contributed by atoms with Gasteiger partial charge in [0.15, 0.2) is 0 Å². The highest BCUT2D eigenvalue weighted by Crippen LogP contribution is 2.40. The lowest BCUT2D eigenvalue weighted by molar-refractivity contribution is -0.0971. The summed E-state index contributed by atoms with van der Waals surface area (Å²) in [6.07, 6.45) is 6.53. The van der Waals surface area contributed by atoms with Crippen LogP contribution in [0, 0.1) is 5.92 Å². The number of aryl methyl sites for hydroxylation is 2. The van der Waals surface area contributed by atoms with E-state index in [0.29, 0.717) is 5.92 Å². The normalized spacial score (nSPS) is 30.4. The van der Waals surface area contributed by atoms with E-state index in [0.717, 1.165) is 49.1 Å². The van der Waals surface area contributed by atoms with Crippen molar-refractivity contribution in [2.24, 2.45) is 13.0 Å². The van der Waals surface area contributed by atoms with Crippen LogP contribution < -0.4 is 0 Å². The van der Waals surface area contributed by atoms with Gasteiger partial charge < -0.3 is 5.11 Å². The van der Waals surface area contributed by atoms with Crippen LogP contribution in [0.25, 0.3) is 0 Å². The van der Waals surface area contributed by atoms with Gasteiger partial charge in [-0.25, -0.2) is 0 Å². The second-order valence-corrected chi connectivity index (χ2v) is 7.51. The fourth-order valence-electron chi connectivity index (χ4n) is 3.99. The monoisotopic (exact) mass is 355 g/mol. The Morgan fingerprint density at radius 2 is 2.19 bits per heavy atom. The lowest BCUT2D eigenvalue weighted by Gasteiger charge is -2.47. The first-order chi connectivity index (χ1) is 10.0. The fourth-order valence-corrected chi connectivity index (χ4v) is 4.73. The first-order valence-corrected chi connectivity index (χ1v) is 8.98. The summed E-state index contributed by atoms with van der Waals surface area (Å²) in [5.74, 6) is 0.456. The Morgan fingerprint density at radius 3 is 2.90 bits per heavy atom. The number of hydrogen-bond donors (Lipinski definition) is 1. The van der Waals surface area contributed by atoms with Crippen LogP contribution in [0.15, 0.2) is 4.47 Å². The van der Waals surface area contributed by atoms with Crippen molar-refractivity contribution in [3.8, 4) is 0 Å². The van der Waals surface area contributed by atoms with Crippen LogP contribution in [0.4, 0.5) is 0 Å². The average Bonchev–Trinajstić information content (AvgIpc) is 2.74. The first-order valence-electron chi connectivity index (χ1n) is 8.18. The van der Waals surface area contributed by atoms with Crippen LogP contribution in [0.1, 0.15) is 50.4 Å². The van der Waals surface area contributed by atoms with Gasteiger partial charge in [0.05, 0.1) is 21.5 Å². The summed E-state index contributed by atoms with van der Waals surface area (Å²) in [6, 6.07) is 0. The zero-order valence-corrected chi connectivity index (χ0v) is 14.7.